The molecule has 0 aromatic heterocycles. The third-order valence-electron chi connectivity index (χ3n) is 3.04. The van der Waals surface area contributed by atoms with E-state index in [1.54, 1.807) is 0 Å². The van der Waals surface area contributed by atoms with Crippen LogP contribution >= 0.6 is 0 Å². The molecule has 0 aliphatic carbocycles. The lowest BCUT2D eigenvalue weighted by molar-refractivity contribution is -0.143. The fourth-order valence-electron chi connectivity index (χ4n) is 1.88. The van der Waals surface area contributed by atoms with E-state index >= 15 is 0 Å². The molecule has 1 fully saturated rings. The maximum atomic E-state index is 11.7. The maximum absolute atomic E-state index is 11.7. The average Bonchev–Trinajstić information content (AvgIpc) is 2.69. The molecule has 0 aromatic carbocycles. The van der Waals surface area contributed by atoms with Gasteiger partial charge in [-0.2, -0.15) is 0 Å². The van der Waals surface area contributed by atoms with E-state index in [0.29, 0.717) is 25.8 Å². The van der Waals surface area contributed by atoms with Gasteiger partial charge in [-0.25, -0.2) is 0 Å². The van der Waals surface area contributed by atoms with E-state index in [1.165, 1.54) is 4.90 Å². The third-order valence-corrected chi connectivity index (χ3v) is 3.04. The number of carbonyl (C=O) groups is 2. The van der Waals surface area contributed by atoms with Gasteiger partial charge in [0.05, 0.1) is 0 Å². The summed E-state index contributed by atoms with van der Waals surface area (Å²) in [5.41, 5.74) is 4.42. The van der Waals surface area contributed by atoms with Crippen molar-refractivity contribution in [3.05, 3.63) is 0 Å². The molecule has 1 unspecified atom stereocenters. The van der Waals surface area contributed by atoms with Crippen LogP contribution in [0.3, 0.4) is 0 Å². The van der Waals surface area contributed by atoms with Crippen LogP contribution in [0.4, 0.5) is 0 Å². The van der Waals surface area contributed by atoms with Crippen molar-refractivity contribution in [2.24, 2.45) is 5.73 Å². The Balaban J connectivity index is 2.36. The summed E-state index contributed by atoms with van der Waals surface area (Å²) >= 11 is 0. The predicted octanol–water partition coefficient (Wildman–Crippen LogP) is 0.194. The fraction of sp³-hybridized carbons (Fsp3) is 0.667. The highest BCUT2D eigenvalue weighted by Gasteiger charge is 2.42. The monoisotopic (exact) mass is 238 g/mol. The molecular weight excluding hydrogens is 220 g/mol. The van der Waals surface area contributed by atoms with E-state index in [4.69, 9.17) is 17.3 Å². The third kappa shape index (κ3) is 3.46. The van der Waals surface area contributed by atoms with Gasteiger partial charge in [0, 0.05) is 25.9 Å². The fourth-order valence-corrected chi connectivity index (χ4v) is 1.88. The molecule has 1 aliphatic rings. The molecule has 1 aliphatic heterocycles. The van der Waals surface area contributed by atoms with Crippen molar-refractivity contribution < 1.29 is 14.7 Å². The summed E-state index contributed by atoms with van der Waals surface area (Å²) in [6.45, 7) is 0.535. The largest absolute Gasteiger partial charge is 0.480 e. The second-order valence-electron chi connectivity index (χ2n) is 4.44. The number of carboxylic acid groups (broad SMARTS) is 1. The van der Waals surface area contributed by atoms with Gasteiger partial charge in [-0.1, -0.05) is 0 Å². The molecule has 5 nitrogen and oxygen atoms in total. The lowest BCUT2D eigenvalue weighted by Gasteiger charge is -2.20. The van der Waals surface area contributed by atoms with Crippen LogP contribution in [0.1, 0.15) is 32.1 Å². The smallest absolute Gasteiger partial charge is 0.325 e. The minimum atomic E-state index is -1.27. The highest BCUT2D eigenvalue weighted by atomic mass is 16.4. The number of likely N-dealkylation sites (tertiary alicyclic amines) is 1. The van der Waals surface area contributed by atoms with Crippen molar-refractivity contribution in [2.45, 2.75) is 37.6 Å². The number of unbranched alkanes of at least 4 members (excludes halogenated alkanes) is 2. The van der Waals surface area contributed by atoms with Gasteiger partial charge in [0.25, 0.3) is 0 Å². The first-order valence-corrected chi connectivity index (χ1v) is 5.73. The number of carbonyl (C=O) groups excluding carboxylic acids is 1. The SMILES string of the molecule is C#CCCCCC(=O)N1CCC(N)(C(=O)O)C1. The Bertz CT molecular complexity index is 348. The van der Waals surface area contributed by atoms with Gasteiger partial charge in [0.1, 0.15) is 5.54 Å². The summed E-state index contributed by atoms with van der Waals surface area (Å²) in [6.07, 6.45) is 8.07. The van der Waals surface area contributed by atoms with Gasteiger partial charge in [-0.05, 0) is 19.3 Å². The summed E-state index contributed by atoms with van der Waals surface area (Å²) in [6, 6.07) is 0. The molecule has 1 atom stereocenters. The summed E-state index contributed by atoms with van der Waals surface area (Å²) in [5.74, 6) is 1.44. The Labute approximate surface area is 101 Å². The zero-order valence-corrected chi connectivity index (χ0v) is 9.82. The van der Waals surface area contributed by atoms with Crippen molar-refractivity contribution in [1.82, 2.24) is 4.90 Å². The van der Waals surface area contributed by atoms with Crippen molar-refractivity contribution in [3.63, 3.8) is 0 Å². The average molecular weight is 238 g/mol. The maximum Gasteiger partial charge on any atom is 0.325 e. The number of nitrogens with two attached hydrogens (primary N) is 1. The molecule has 0 aromatic rings. The summed E-state index contributed by atoms with van der Waals surface area (Å²) in [5, 5.41) is 8.93. The summed E-state index contributed by atoms with van der Waals surface area (Å²) < 4.78 is 0. The van der Waals surface area contributed by atoms with E-state index < -0.39 is 11.5 Å². The quantitative estimate of drug-likeness (QED) is 0.529. The van der Waals surface area contributed by atoms with Crippen molar-refractivity contribution in [3.8, 4) is 12.3 Å². The Morgan fingerprint density at radius 1 is 1.47 bits per heavy atom. The number of rotatable bonds is 5. The number of amides is 1. The topological polar surface area (TPSA) is 83.6 Å². The predicted molar refractivity (Wildman–Crippen MR) is 63.1 cm³/mol. The van der Waals surface area contributed by atoms with E-state index in [1.807, 2.05) is 0 Å². The number of aliphatic carboxylic acids is 1. The van der Waals surface area contributed by atoms with E-state index in [9.17, 15) is 9.59 Å². The van der Waals surface area contributed by atoms with Crippen LogP contribution in [-0.4, -0.2) is 40.5 Å². The molecule has 1 heterocycles. The molecule has 5 heteroatoms. The first-order chi connectivity index (χ1) is 7.99. The lowest BCUT2D eigenvalue weighted by atomic mass is 10.0. The van der Waals surface area contributed by atoms with Gasteiger partial charge in [0.15, 0.2) is 0 Å². The molecule has 0 saturated carbocycles. The Kier molecular flexibility index (Phi) is 4.53. The summed E-state index contributed by atoms with van der Waals surface area (Å²) in [4.78, 5) is 24.2. The van der Waals surface area contributed by atoms with Gasteiger partial charge in [0.2, 0.25) is 5.91 Å². The minimum Gasteiger partial charge on any atom is -0.480 e. The van der Waals surface area contributed by atoms with Crippen LogP contribution in [0.25, 0.3) is 0 Å². The minimum absolute atomic E-state index is 0.0319. The number of hydrogen-bond acceptors (Lipinski definition) is 3. The number of terminal acetylenes is 1. The molecule has 0 radical (unpaired) electrons. The molecule has 17 heavy (non-hydrogen) atoms. The Morgan fingerprint density at radius 2 is 2.18 bits per heavy atom. The van der Waals surface area contributed by atoms with E-state index in [2.05, 4.69) is 5.92 Å². The van der Waals surface area contributed by atoms with E-state index in [-0.39, 0.29) is 12.5 Å². The highest BCUT2D eigenvalue weighted by molar-refractivity contribution is 5.83. The van der Waals surface area contributed by atoms with Crippen molar-refractivity contribution in [1.29, 1.82) is 0 Å². The van der Waals surface area contributed by atoms with Crippen LogP contribution < -0.4 is 5.73 Å². The second kappa shape index (κ2) is 5.69. The van der Waals surface area contributed by atoms with Gasteiger partial charge in [-0.3, -0.25) is 9.59 Å². The van der Waals surface area contributed by atoms with Crippen LogP contribution in [0.5, 0.6) is 0 Å². The van der Waals surface area contributed by atoms with Crippen LogP contribution in [-0.2, 0) is 9.59 Å². The van der Waals surface area contributed by atoms with Crippen LogP contribution in [0, 0.1) is 12.3 Å². The molecule has 0 spiro atoms. The normalized spacial score (nSPS) is 23.4. The second-order valence-corrected chi connectivity index (χ2v) is 4.44. The summed E-state index contributed by atoms with van der Waals surface area (Å²) in [7, 11) is 0. The molecule has 0 bridgehead atoms. The zero-order valence-electron chi connectivity index (χ0n) is 9.82. The van der Waals surface area contributed by atoms with Gasteiger partial charge < -0.3 is 15.7 Å². The van der Waals surface area contributed by atoms with E-state index in [0.717, 1.165) is 12.8 Å². The van der Waals surface area contributed by atoms with Crippen LogP contribution in [0.15, 0.2) is 0 Å². The first kappa shape index (κ1) is 13.5. The van der Waals surface area contributed by atoms with Crippen molar-refractivity contribution >= 4 is 11.9 Å². The zero-order chi connectivity index (χ0) is 12.9. The number of nitrogens with zero attached hydrogens (tertiary/aromatic N) is 1. The molecule has 1 saturated heterocycles. The Hall–Kier alpha value is -1.54. The van der Waals surface area contributed by atoms with Crippen LogP contribution in [0.2, 0.25) is 0 Å². The molecule has 1 amide bonds. The van der Waals surface area contributed by atoms with Gasteiger partial charge in [-0.15, -0.1) is 12.3 Å². The highest BCUT2D eigenvalue weighted by Crippen LogP contribution is 2.20. The Morgan fingerprint density at radius 3 is 2.71 bits per heavy atom. The lowest BCUT2D eigenvalue weighted by Crippen LogP contribution is -2.50. The number of carboxylic acids is 1. The van der Waals surface area contributed by atoms with Gasteiger partial charge >= 0.3 is 5.97 Å². The molecule has 1 rings (SSSR count). The number of hydrogen-bond donors (Lipinski definition) is 2. The van der Waals surface area contributed by atoms with Crippen molar-refractivity contribution in [2.75, 3.05) is 13.1 Å². The first-order valence-electron chi connectivity index (χ1n) is 5.73. The molecule has 3 N–H and O–H groups in total. The standard InChI is InChI=1S/C12H18N2O3/c1-2-3-4-5-6-10(15)14-8-7-12(13,9-14)11(16)17/h1H,3-9,13H2,(H,16,17). The molecule has 94 valence electrons. The molecular formula is C12H18N2O3.